The number of rotatable bonds is 2. The Kier molecular flexibility index (Phi) is 2.49. The second kappa shape index (κ2) is 3.39. The van der Waals surface area contributed by atoms with Gasteiger partial charge in [0.1, 0.15) is 12.0 Å². The van der Waals surface area contributed by atoms with Crippen molar-refractivity contribution in [1.82, 2.24) is 0 Å². The highest BCUT2D eigenvalue weighted by atomic mass is 35.5. The number of hydrogen-bond donors (Lipinski definition) is 1. The molecule has 0 fully saturated rings. The van der Waals surface area contributed by atoms with Gasteiger partial charge in [0.2, 0.25) is 0 Å². The largest absolute Gasteiger partial charge is 0.508 e. The van der Waals surface area contributed by atoms with Gasteiger partial charge in [-0.15, -0.1) is 0 Å². The molecule has 58 valence electrons. The van der Waals surface area contributed by atoms with Crippen LogP contribution in [0.3, 0.4) is 0 Å². The molecule has 1 rings (SSSR count). The van der Waals surface area contributed by atoms with E-state index in [1.54, 1.807) is 12.1 Å². The lowest BCUT2D eigenvalue weighted by Gasteiger charge is -1.99. The van der Waals surface area contributed by atoms with Gasteiger partial charge in [-0.25, -0.2) is 0 Å². The van der Waals surface area contributed by atoms with E-state index < -0.39 is 0 Å². The summed E-state index contributed by atoms with van der Waals surface area (Å²) in [7, 11) is 0. The quantitative estimate of drug-likeness (QED) is 0.688. The van der Waals surface area contributed by atoms with Crippen LogP contribution < -0.4 is 0 Å². The number of phenolic OH excluding ortho intramolecular Hbond substituents is 1. The van der Waals surface area contributed by atoms with Crippen LogP contribution in [0.4, 0.5) is 0 Å². The van der Waals surface area contributed by atoms with Gasteiger partial charge in [-0.1, -0.05) is 17.7 Å². The maximum absolute atomic E-state index is 10.1. The van der Waals surface area contributed by atoms with Gasteiger partial charge in [0.05, 0.1) is 0 Å². The second-order valence-corrected chi connectivity index (χ2v) is 2.58. The van der Waals surface area contributed by atoms with Crippen LogP contribution in [0.5, 0.6) is 5.75 Å². The molecule has 0 bridgehead atoms. The predicted octanol–water partition coefficient (Wildman–Crippen LogP) is 1.79. The molecule has 0 aliphatic carbocycles. The first-order valence-electron chi connectivity index (χ1n) is 3.15. The smallest absolute Gasteiger partial charge is 0.124 e. The maximum atomic E-state index is 10.1. The van der Waals surface area contributed by atoms with Crippen LogP contribution in [0.15, 0.2) is 18.2 Å². The molecule has 1 aromatic carbocycles. The van der Waals surface area contributed by atoms with E-state index >= 15 is 0 Å². The first kappa shape index (κ1) is 8.08. The third-order valence-corrected chi connectivity index (χ3v) is 1.59. The molecule has 0 amide bonds. The highest BCUT2D eigenvalue weighted by molar-refractivity contribution is 6.30. The molecule has 2 nitrogen and oxygen atoms in total. The van der Waals surface area contributed by atoms with E-state index in [9.17, 15) is 9.90 Å². The monoisotopic (exact) mass is 170 g/mol. The minimum atomic E-state index is 0.0737. The average Bonchev–Trinajstić information content (AvgIpc) is 1.95. The van der Waals surface area contributed by atoms with Crippen LogP contribution in [-0.2, 0) is 11.2 Å². The molecule has 0 unspecified atom stereocenters. The molecule has 0 heterocycles. The summed E-state index contributed by atoms with van der Waals surface area (Å²) in [5.74, 6) is 0.0737. The molecule has 0 atom stereocenters. The van der Waals surface area contributed by atoms with E-state index in [-0.39, 0.29) is 12.2 Å². The van der Waals surface area contributed by atoms with Crippen LogP contribution in [0, 0.1) is 0 Å². The van der Waals surface area contributed by atoms with Crippen LogP contribution in [0.1, 0.15) is 5.56 Å². The molecule has 0 radical (unpaired) electrons. The molecule has 0 saturated heterocycles. The highest BCUT2D eigenvalue weighted by Crippen LogP contribution is 2.21. The number of halogens is 1. The zero-order chi connectivity index (χ0) is 8.27. The Morgan fingerprint density at radius 1 is 1.55 bits per heavy atom. The van der Waals surface area contributed by atoms with E-state index in [1.807, 2.05) is 0 Å². The zero-order valence-electron chi connectivity index (χ0n) is 5.75. The van der Waals surface area contributed by atoms with Crippen molar-refractivity contribution in [2.45, 2.75) is 6.42 Å². The molecule has 0 aliphatic heterocycles. The number of carbonyl (C=O) groups excluding carboxylic acids is 1. The SMILES string of the molecule is O=CCc1ccc(Cl)cc1O. The summed E-state index contributed by atoms with van der Waals surface area (Å²) in [4.78, 5) is 10.1. The lowest BCUT2D eigenvalue weighted by molar-refractivity contribution is -0.107. The summed E-state index contributed by atoms with van der Waals surface area (Å²) in [6.07, 6.45) is 0.964. The van der Waals surface area contributed by atoms with Crippen molar-refractivity contribution in [2.24, 2.45) is 0 Å². The van der Waals surface area contributed by atoms with E-state index in [4.69, 9.17) is 11.6 Å². The van der Waals surface area contributed by atoms with Gasteiger partial charge >= 0.3 is 0 Å². The van der Waals surface area contributed by atoms with Gasteiger partial charge < -0.3 is 9.90 Å². The molecule has 1 N–H and O–H groups in total. The van der Waals surface area contributed by atoms with Gasteiger partial charge in [0, 0.05) is 17.0 Å². The number of phenols is 1. The van der Waals surface area contributed by atoms with Crippen molar-refractivity contribution in [3.63, 3.8) is 0 Å². The lowest BCUT2D eigenvalue weighted by atomic mass is 10.1. The highest BCUT2D eigenvalue weighted by Gasteiger charge is 1.99. The van der Waals surface area contributed by atoms with Crippen LogP contribution in [0.2, 0.25) is 5.02 Å². The summed E-state index contributed by atoms with van der Waals surface area (Å²) in [5, 5.41) is 9.65. The van der Waals surface area contributed by atoms with E-state index in [0.29, 0.717) is 10.6 Å². The van der Waals surface area contributed by atoms with Crippen molar-refractivity contribution in [3.8, 4) is 5.75 Å². The molecular formula is C8H7ClO2. The Morgan fingerprint density at radius 3 is 2.82 bits per heavy atom. The van der Waals surface area contributed by atoms with Crippen molar-refractivity contribution < 1.29 is 9.90 Å². The minimum absolute atomic E-state index is 0.0737. The molecule has 0 spiro atoms. The number of aromatic hydroxyl groups is 1. The topological polar surface area (TPSA) is 37.3 Å². The fourth-order valence-electron chi connectivity index (χ4n) is 0.799. The first-order valence-corrected chi connectivity index (χ1v) is 3.53. The van der Waals surface area contributed by atoms with Crippen LogP contribution >= 0.6 is 11.6 Å². The van der Waals surface area contributed by atoms with Crippen molar-refractivity contribution >= 4 is 17.9 Å². The summed E-state index contributed by atoms with van der Waals surface area (Å²) in [6.45, 7) is 0. The fraction of sp³-hybridized carbons (Fsp3) is 0.125. The normalized spacial score (nSPS) is 9.55. The molecule has 0 aromatic heterocycles. The number of carbonyl (C=O) groups is 1. The van der Waals surface area contributed by atoms with Gasteiger partial charge in [-0.05, 0) is 12.1 Å². The van der Waals surface area contributed by atoms with E-state index in [1.165, 1.54) is 6.07 Å². The van der Waals surface area contributed by atoms with E-state index in [2.05, 4.69) is 0 Å². The van der Waals surface area contributed by atoms with E-state index in [0.717, 1.165) is 6.29 Å². The number of hydrogen-bond acceptors (Lipinski definition) is 2. The summed E-state index contributed by atoms with van der Waals surface area (Å²) >= 11 is 5.57. The number of aldehydes is 1. The lowest BCUT2D eigenvalue weighted by Crippen LogP contribution is -1.85. The van der Waals surface area contributed by atoms with Gasteiger partial charge in [-0.3, -0.25) is 0 Å². The van der Waals surface area contributed by atoms with Crippen LogP contribution in [-0.4, -0.2) is 11.4 Å². The Labute approximate surface area is 69.4 Å². The summed E-state index contributed by atoms with van der Waals surface area (Å²) in [5.41, 5.74) is 0.601. The average molecular weight is 171 g/mol. The second-order valence-electron chi connectivity index (χ2n) is 2.14. The molecule has 1 aromatic rings. The van der Waals surface area contributed by atoms with Gasteiger partial charge in [0.25, 0.3) is 0 Å². The predicted molar refractivity (Wildman–Crippen MR) is 42.9 cm³/mol. The Balaban J connectivity index is 2.98. The molecular weight excluding hydrogens is 164 g/mol. The Bertz CT molecular complexity index is 271. The Hall–Kier alpha value is -1.02. The van der Waals surface area contributed by atoms with Crippen LogP contribution in [0.25, 0.3) is 0 Å². The zero-order valence-corrected chi connectivity index (χ0v) is 6.51. The third-order valence-electron chi connectivity index (χ3n) is 1.35. The number of benzene rings is 1. The van der Waals surface area contributed by atoms with Crippen molar-refractivity contribution in [1.29, 1.82) is 0 Å². The molecule has 3 heteroatoms. The third kappa shape index (κ3) is 1.95. The van der Waals surface area contributed by atoms with Crippen molar-refractivity contribution in [2.75, 3.05) is 0 Å². The van der Waals surface area contributed by atoms with Gasteiger partial charge in [-0.2, -0.15) is 0 Å². The van der Waals surface area contributed by atoms with Gasteiger partial charge in [0.15, 0.2) is 0 Å². The molecule has 11 heavy (non-hydrogen) atoms. The summed E-state index contributed by atoms with van der Waals surface area (Å²) < 4.78 is 0. The Morgan fingerprint density at radius 2 is 2.27 bits per heavy atom. The first-order chi connectivity index (χ1) is 5.24. The fourth-order valence-corrected chi connectivity index (χ4v) is 0.966. The maximum Gasteiger partial charge on any atom is 0.124 e. The standard InChI is InChI=1S/C8H7ClO2/c9-7-2-1-6(3-4-10)8(11)5-7/h1-2,4-5,11H,3H2. The minimum Gasteiger partial charge on any atom is -0.508 e. The summed E-state index contributed by atoms with van der Waals surface area (Å²) in [6, 6.07) is 4.69. The molecule has 0 saturated carbocycles. The molecule has 0 aliphatic rings. The van der Waals surface area contributed by atoms with Crippen molar-refractivity contribution in [3.05, 3.63) is 28.8 Å².